The number of anilines is 1. The van der Waals surface area contributed by atoms with Gasteiger partial charge in [0.25, 0.3) is 0 Å². The molecule has 3 rings (SSSR count). The highest BCUT2D eigenvalue weighted by molar-refractivity contribution is 5.84. The van der Waals surface area contributed by atoms with E-state index in [9.17, 15) is 0 Å². The fourth-order valence-electron chi connectivity index (χ4n) is 2.71. The predicted molar refractivity (Wildman–Crippen MR) is 76.2 cm³/mol. The van der Waals surface area contributed by atoms with Crippen molar-refractivity contribution in [1.29, 1.82) is 0 Å². The van der Waals surface area contributed by atoms with Crippen molar-refractivity contribution in [2.24, 2.45) is 0 Å². The minimum Gasteiger partial charge on any atom is -0.490 e. The van der Waals surface area contributed by atoms with Crippen molar-refractivity contribution < 1.29 is 4.74 Å². The van der Waals surface area contributed by atoms with Crippen molar-refractivity contribution in [3.05, 3.63) is 17.7 Å². The van der Waals surface area contributed by atoms with Gasteiger partial charge < -0.3 is 10.5 Å². The standard InChI is InChI=1S/C14H20N4O/c1-4-9-7-10-12(19-9)6-5-11-13(10)18(8-17(2)3)14(15)16-11/h5-6,9H,4,7-8H2,1-3H3,(H2,15,16). The molecule has 1 aliphatic heterocycles. The van der Waals surface area contributed by atoms with Crippen molar-refractivity contribution in [3.8, 4) is 5.75 Å². The molecule has 0 aliphatic carbocycles. The molecule has 1 atom stereocenters. The Kier molecular flexibility index (Phi) is 2.86. The summed E-state index contributed by atoms with van der Waals surface area (Å²) in [5.41, 5.74) is 9.37. The molecule has 19 heavy (non-hydrogen) atoms. The third kappa shape index (κ3) is 1.94. The van der Waals surface area contributed by atoms with E-state index >= 15 is 0 Å². The lowest BCUT2D eigenvalue weighted by Crippen LogP contribution is -2.18. The second-order valence-electron chi connectivity index (χ2n) is 5.38. The van der Waals surface area contributed by atoms with Gasteiger partial charge in [-0.2, -0.15) is 0 Å². The number of hydrogen-bond acceptors (Lipinski definition) is 4. The van der Waals surface area contributed by atoms with Gasteiger partial charge in [-0.1, -0.05) is 6.92 Å². The van der Waals surface area contributed by atoms with Gasteiger partial charge in [0.2, 0.25) is 5.95 Å². The first kappa shape index (κ1) is 12.3. The Hall–Kier alpha value is -1.75. The summed E-state index contributed by atoms with van der Waals surface area (Å²) in [6.07, 6.45) is 2.25. The number of ether oxygens (including phenoxy) is 1. The summed E-state index contributed by atoms with van der Waals surface area (Å²) >= 11 is 0. The Balaban J connectivity index is 2.17. The highest BCUT2D eigenvalue weighted by atomic mass is 16.5. The summed E-state index contributed by atoms with van der Waals surface area (Å²) in [5.74, 6) is 1.55. The molecule has 0 fully saturated rings. The summed E-state index contributed by atoms with van der Waals surface area (Å²) in [6, 6.07) is 4.01. The van der Waals surface area contributed by atoms with E-state index in [4.69, 9.17) is 10.5 Å². The Morgan fingerprint density at radius 1 is 1.47 bits per heavy atom. The fraction of sp³-hybridized carbons (Fsp3) is 0.500. The first-order chi connectivity index (χ1) is 9.10. The number of hydrogen-bond donors (Lipinski definition) is 1. The third-order valence-electron chi connectivity index (χ3n) is 3.60. The average molecular weight is 260 g/mol. The number of rotatable bonds is 3. The lowest BCUT2D eigenvalue weighted by molar-refractivity contribution is 0.228. The molecule has 1 aromatic carbocycles. The topological polar surface area (TPSA) is 56.3 Å². The largest absolute Gasteiger partial charge is 0.490 e. The van der Waals surface area contributed by atoms with Crippen molar-refractivity contribution >= 4 is 17.0 Å². The lowest BCUT2D eigenvalue weighted by atomic mass is 10.1. The molecule has 1 unspecified atom stereocenters. The highest BCUT2D eigenvalue weighted by Gasteiger charge is 2.26. The number of benzene rings is 1. The lowest BCUT2D eigenvalue weighted by Gasteiger charge is -2.13. The zero-order chi connectivity index (χ0) is 13.6. The first-order valence-electron chi connectivity index (χ1n) is 6.69. The quantitative estimate of drug-likeness (QED) is 0.915. The maximum Gasteiger partial charge on any atom is 0.202 e. The predicted octanol–water partition coefficient (Wildman–Crippen LogP) is 1.85. The summed E-state index contributed by atoms with van der Waals surface area (Å²) in [7, 11) is 4.06. The molecule has 0 spiro atoms. The van der Waals surface area contributed by atoms with Gasteiger partial charge in [0, 0.05) is 12.0 Å². The molecular weight excluding hydrogens is 240 g/mol. The van der Waals surface area contributed by atoms with Crippen LogP contribution in [0.4, 0.5) is 5.95 Å². The van der Waals surface area contributed by atoms with Crippen LogP contribution in [0.15, 0.2) is 12.1 Å². The van der Waals surface area contributed by atoms with Gasteiger partial charge in [-0.15, -0.1) is 0 Å². The molecular formula is C14H20N4O. The second kappa shape index (κ2) is 4.42. The van der Waals surface area contributed by atoms with E-state index in [0.717, 1.165) is 36.3 Å². The van der Waals surface area contributed by atoms with Gasteiger partial charge in [-0.05, 0) is 32.6 Å². The number of nitrogens with two attached hydrogens (primary N) is 1. The number of imidazole rings is 1. The molecule has 0 saturated heterocycles. The van der Waals surface area contributed by atoms with Gasteiger partial charge >= 0.3 is 0 Å². The SMILES string of the molecule is CCC1Cc2c(ccc3nc(N)n(CN(C)C)c23)O1. The number of nitrogens with zero attached hydrogens (tertiary/aromatic N) is 3. The van der Waals surface area contributed by atoms with Crippen LogP contribution in [0.25, 0.3) is 11.0 Å². The normalized spacial score (nSPS) is 18.0. The van der Waals surface area contributed by atoms with Gasteiger partial charge in [-0.3, -0.25) is 9.47 Å². The maximum absolute atomic E-state index is 6.05. The molecule has 0 bridgehead atoms. The Morgan fingerprint density at radius 3 is 2.95 bits per heavy atom. The number of aromatic nitrogens is 2. The smallest absolute Gasteiger partial charge is 0.202 e. The van der Waals surface area contributed by atoms with E-state index in [1.54, 1.807) is 0 Å². The molecule has 1 aliphatic rings. The molecule has 0 saturated carbocycles. The van der Waals surface area contributed by atoms with E-state index in [1.807, 2.05) is 26.2 Å². The zero-order valence-corrected chi connectivity index (χ0v) is 11.7. The van der Waals surface area contributed by atoms with Crippen LogP contribution >= 0.6 is 0 Å². The van der Waals surface area contributed by atoms with Gasteiger partial charge in [-0.25, -0.2) is 4.98 Å². The summed E-state index contributed by atoms with van der Waals surface area (Å²) in [4.78, 5) is 6.54. The van der Waals surface area contributed by atoms with Gasteiger partial charge in [0.05, 0.1) is 17.7 Å². The molecule has 2 N–H and O–H groups in total. The molecule has 1 aromatic heterocycles. The van der Waals surface area contributed by atoms with Crippen LogP contribution in [-0.4, -0.2) is 34.7 Å². The molecule has 0 radical (unpaired) electrons. The minimum atomic E-state index is 0.282. The van der Waals surface area contributed by atoms with E-state index in [-0.39, 0.29) is 6.10 Å². The molecule has 0 amide bonds. The van der Waals surface area contributed by atoms with E-state index < -0.39 is 0 Å². The fourth-order valence-corrected chi connectivity index (χ4v) is 2.71. The van der Waals surface area contributed by atoms with Crippen LogP contribution in [-0.2, 0) is 13.1 Å². The van der Waals surface area contributed by atoms with Crippen LogP contribution in [0.3, 0.4) is 0 Å². The highest BCUT2D eigenvalue weighted by Crippen LogP contribution is 2.36. The summed E-state index contributed by atoms with van der Waals surface area (Å²) in [5, 5.41) is 0. The molecule has 2 aromatic rings. The number of fused-ring (bicyclic) bond motifs is 3. The maximum atomic E-state index is 6.05. The van der Waals surface area contributed by atoms with E-state index in [0.29, 0.717) is 5.95 Å². The average Bonchev–Trinajstić information content (AvgIpc) is 2.90. The monoisotopic (exact) mass is 260 g/mol. The minimum absolute atomic E-state index is 0.282. The summed E-state index contributed by atoms with van der Waals surface area (Å²) < 4.78 is 8.00. The Labute approximate surface area is 113 Å². The molecule has 2 heterocycles. The van der Waals surface area contributed by atoms with Crippen molar-refractivity contribution in [2.45, 2.75) is 32.5 Å². The van der Waals surface area contributed by atoms with Crippen LogP contribution in [0.2, 0.25) is 0 Å². The van der Waals surface area contributed by atoms with Crippen molar-refractivity contribution in [3.63, 3.8) is 0 Å². The number of nitrogen functional groups attached to an aromatic ring is 1. The van der Waals surface area contributed by atoms with Crippen LogP contribution in [0.1, 0.15) is 18.9 Å². The van der Waals surface area contributed by atoms with Crippen LogP contribution in [0, 0.1) is 0 Å². The first-order valence-corrected chi connectivity index (χ1v) is 6.69. The molecule has 5 nitrogen and oxygen atoms in total. The Morgan fingerprint density at radius 2 is 2.26 bits per heavy atom. The second-order valence-corrected chi connectivity index (χ2v) is 5.38. The van der Waals surface area contributed by atoms with Crippen LogP contribution in [0.5, 0.6) is 5.75 Å². The van der Waals surface area contributed by atoms with E-state index in [2.05, 4.69) is 21.4 Å². The van der Waals surface area contributed by atoms with Gasteiger partial charge in [0.1, 0.15) is 11.9 Å². The van der Waals surface area contributed by atoms with Gasteiger partial charge in [0.15, 0.2) is 0 Å². The molecule has 5 heteroatoms. The molecule has 102 valence electrons. The van der Waals surface area contributed by atoms with Crippen molar-refractivity contribution in [1.82, 2.24) is 14.5 Å². The summed E-state index contributed by atoms with van der Waals surface area (Å²) in [6.45, 7) is 2.88. The van der Waals surface area contributed by atoms with Crippen LogP contribution < -0.4 is 10.5 Å². The van der Waals surface area contributed by atoms with E-state index in [1.165, 1.54) is 5.56 Å². The van der Waals surface area contributed by atoms with Crippen molar-refractivity contribution in [2.75, 3.05) is 19.8 Å². The Bertz CT molecular complexity index is 617. The zero-order valence-electron chi connectivity index (χ0n) is 11.7. The third-order valence-corrected chi connectivity index (χ3v) is 3.60.